The van der Waals surface area contributed by atoms with Crippen LogP contribution < -0.4 is 15.4 Å². The molecule has 1 atom stereocenters. The lowest BCUT2D eigenvalue weighted by Gasteiger charge is -2.16. The van der Waals surface area contributed by atoms with E-state index in [2.05, 4.69) is 10.6 Å². The van der Waals surface area contributed by atoms with Crippen LogP contribution in [-0.2, 0) is 4.79 Å². The molecule has 0 bridgehead atoms. The van der Waals surface area contributed by atoms with Crippen molar-refractivity contribution in [3.8, 4) is 5.75 Å². The Hall–Kier alpha value is -3.67. The van der Waals surface area contributed by atoms with Crippen molar-refractivity contribution in [3.05, 3.63) is 89.7 Å². The molecule has 0 fully saturated rings. The quantitative estimate of drug-likeness (QED) is 0.634. The number of halogens is 1. The Bertz CT molecular complexity index is 1020. The van der Waals surface area contributed by atoms with Crippen LogP contribution in [-0.4, -0.2) is 17.9 Å². The number of hydrogen-bond acceptors (Lipinski definition) is 3. The van der Waals surface area contributed by atoms with E-state index in [1.807, 2.05) is 25.1 Å². The van der Waals surface area contributed by atoms with E-state index in [0.29, 0.717) is 22.7 Å². The summed E-state index contributed by atoms with van der Waals surface area (Å²) in [7, 11) is 0. The number of aryl methyl sites for hydroxylation is 1. The molecule has 0 aliphatic rings. The molecule has 3 aromatic carbocycles. The third kappa shape index (κ3) is 5.42. The van der Waals surface area contributed by atoms with Crippen molar-refractivity contribution in [3.63, 3.8) is 0 Å². The number of carbonyl (C=O) groups is 2. The summed E-state index contributed by atoms with van der Waals surface area (Å²) >= 11 is 0. The van der Waals surface area contributed by atoms with Crippen molar-refractivity contribution in [2.24, 2.45) is 0 Å². The van der Waals surface area contributed by atoms with Gasteiger partial charge in [0.25, 0.3) is 11.8 Å². The first-order valence-corrected chi connectivity index (χ1v) is 9.12. The van der Waals surface area contributed by atoms with E-state index in [0.717, 1.165) is 5.56 Å². The number of benzene rings is 3. The molecule has 0 heterocycles. The number of ether oxygens (including phenoxy) is 1. The molecule has 3 rings (SSSR count). The highest BCUT2D eigenvalue weighted by Crippen LogP contribution is 2.19. The second-order valence-electron chi connectivity index (χ2n) is 6.57. The van der Waals surface area contributed by atoms with Crippen molar-refractivity contribution in [1.29, 1.82) is 0 Å². The standard InChI is InChI=1S/C23H21FN2O3/c1-15-6-5-7-18(14-15)25-23(28)20-8-3-4-9-21(20)26-22(27)16(2)29-19-12-10-17(24)11-13-19/h3-14,16H,1-2H3,(H,25,28)(H,26,27). The number of anilines is 2. The summed E-state index contributed by atoms with van der Waals surface area (Å²) < 4.78 is 18.5. The first-order chi connectivity index (χ1) is 13.9. The number of carbonyl (C=O) groups excluding carboxylic acids is 2. The minimum Gasteiger partial charge on any atom is -0.481 e. The van der Waals surface area contributed by atoms with Gasteiger partial charge >= 0.3 is 0 Å². The zero-order valence-corrected chi connectivity index (χ0v) is 16.1. The molecule has 2 amide bonds. The van der Waals surface area contributed by atoms with Crippen LogP contribution in [0.4, 0.5) is 15.8 Å². The van der Waals surface area contributed by atoms with Gasteiger partial charge < -0.3 is 15.4 Å². The lowest BCUT2D eigenvalue weighted by Crippen LogP contribution is -2.31. The molecule has 1 unspecified atom stereocenters. The lowest BCUT2D eigenvalue weighted by molar-refractivity contribution is -0.122. The average Bonchev–Trinajstić information content (AvgIpc) is 2.70. The molecule has 6 heteroatoms. The molecule has 0 radical (unpaired) electrons. The van der Waals surface area contributed by atoms with Gasteiger partial charge in [-0.05, 0) is 67.9 Å². The Morgan fingerprint density at radius 1 is 0.931 bits per heavy atom. The van der Waals surface area contributed by atoms with Gasteiger partial charge in [0, 0.05) is 5.69 Å². The first-order valence-electron chi connectivity index (χ1n) is 9.12. The van der Waals surface area contributed by atoms with Gasteiger partial charge in [-0.3, -0.25) is 9.59 Å². The van der Waals surface area contributed by atoms with E-state index in [1.54, 1.807) is 37.3 Å². The molecular formula is C23H21FN2O3. The predicted octanol–water partition coefficient (Wildman–Crippen LogP) is 4.79. The molecule has 0 aliphatic carbocycles. The monoisotopic (exact) mass is 392 g/mol. The zero-order chi connectivity index (χ0) is 20.8. The Morgan fingerprint density at radius 2 is 1.66 bits per heavy atom. The summed E-state index contributed by atoms with van der Waals surface area (Å²) in [5.74, 6) is -0.772. The van der Waals surface area contributed by atoms with Crippen LogP contribution in [0, 0.1) is 12.7 Å². The van der Waals surface area contributed by atoms with E-state index >= 15 is 0 Å². The fourth-order valence-electron chi connectivity index (χ4n) is 2.72. The van der Waals surface area contributed by atoms with Gasteiger partial charge in [-0.15, -0.1) is 0 Å². The first kappa shape index (κ1) is 20.1. The van der Waals surface area contributed by atoms with Gasteiger partial charge in [0.2, 0.25) is 0 Å². The van der Waals surface area contributed by atoms with E-state index in [-0.39, 0.29) is 11.7 Å². The highest BCUT2D eigenvalue weighted by Gasteiger charge is 2.18. The second kappa shape index (κ2) is 9.01. The van der Waals surface area contributed by atoms with E-state index in [1.165, 1.54) is 24.3 Å². The molecule has 0 spiro atoms. The van der Waals surface area contributed by atoms with E-state index in [9.17, 15) is 14.0 Å². The maximum absolute atomic E-state index is 13.0. The molecule has 0 saturated carbocycles. The molecule has 148 valence electrons. The van der Waals surface area contributed by atoms with Gasteiger partial charge in [0.15, 0.2) is 6.10 Å². The summed E-state index contributed by atoms with van der Waals surface area (Å²) in [6, 6.07) is 19.6. The number of rotatable bonds is 6. The number of amides is 2. The number of para-hydroxylation sites is 1. The minimum absolute atomic E-state index is 0.330. The molecule has 29 heavy (non-hydrogen) atoms. The van der Waals surface area contributed by atoms with Crippen LogP contribution in [0.2, 0.25) is 0 Å². The molecule has 0 saturated heterocycles. The van der Waals surface area contributed by atoms with E-state index in [4.69, 9.17) is 4.74 Å². The topological polar surface area (TPSA) is 67.4 Å². The Morgan fingerprint density at radius 3 is 2.38 bits per heavy atom. The van der Waals surface area contributed by atoms with Gasteiger partial charge in [0.1, 0.15) is 11.6 Å². The van der Waals surface area contributed by atoms with Crippen molar-refractivity contribution in [1.82, 2.24) is 0 Å². The SMILES string of the molecule is Cc1cccc(NC(=O)c2ccccc2NC(=O)C(C)Oc2ccc(F)cc2)c1. The Kier molecular flexibility index (Phi) is 6.24. The fourth-order valence-corrected chi connectivity index (χ4v) is 2.72. The molecule has 3 aromatic rings. The summed E-state index contributed by atoms with van der Waals surface area (Å²) in [5, 5.41) is 5.55. The van der Waals surface area contributed by atoms with Crippen molar-refractivity contribution in [2.45, 2.75) is 20.0 Å². The van der Waals surface area contributed by atoms with Crippen molar-refractivity contribution >= 4 is 23.2 Å². The zero-order valence-electron chi connectivity index (χ0n) is 16.1. The lowest BCUT2D eigenvalue weighted by atomic mass is 10.1. The maximum Gasteiger partial charge on any atom is 0.265 e. The molecular weight excluding hydrogens is 371 g/mol. The normalized spacial score (nSPS) is 11.4. The molecule has 2 N–H and O–H groups in total. The van der Waals surface area contributed by atoms with Crippen LogP contribution in [0.25, 0.3) is 0 Å². The van der Waals surface area contributed by atoms with E-state index < -0.39 is 12.0 Å². The third-order valence-electron chi connectivity index (χ3n) is 4.20. The molecule has 0 aromatic heterocycles. The average molecular weight is 392 g/mol. The smallest absolute Gasteiger partial charge is 0.265 e. The fraction of sp³-hybridized carbons (Fsp3) is 0.130. The van der Waals surface area contributed by atoms with Crippen LogP contribution in [0.15, 0.2) is 72.8 Å². The number of hydrogen-bond donors (Lipinski definition) is 2. The van der Waals surface area contributed by atoms with Crippen LogP contribution in [0.3, 0.4) is 0 Å². The second-order valence-corrected chi connectivity index (χ2v) is 6.57. The minimum atomic E-state index is -0.839. The van der Waals surface area contributed by atoms with Crippen LogP contribution in [0.1, 0.15) is 22.8 Å². The summed E-state index contributed by atoms with van der Waals surface area (Å²) in [4.78, 5) is 25.2. The summed E-state index contributed by atoms with van der Waals surface area (Å²) in [6.07, 6.45) is -0.839. The van der Waals surface area contributed by atoms with Crippen LogP contribution >= 0.6 is 0 Å². The molecule has 5 nitrogen and oxygen atoms in total. The maximum atomic E-state index is 13.0. The van der Waals surface area contributed by atoms with Crippen molar-refractivity contribution in [2.75, 3.05) is 10.6 Å². The highest BCUT2D eigenvalue weighted by atomic mass is 19.1. The summed E-state index contributed by atoms with van der Waals surface area (Å²) in [5.41, 5.74) is 2.40. The predicted molar refractivity (Wildman–Crippen MR) is 111 cm³/mol. The molecule has 0 aliphatic heterocycles. The van der Waals surface area contributed by atoms with Crippen molar-refractivity contribution < 1.29 is 18.7 Å². The number of nitrogens with one attached hydrogen (secondary N) is 2. The Labute approximate surface area is 168 Å². The van der Waals surface area contributed by atoms with Gasteiger partial charge in [0.05, 0.1) is 11.3 Å². The van der Waals surface area contributed by atoms with Gasteiger partial charge in [-0.25, -0.2) is 4.39 Å². The van der Waals surface area contributed by atoms with Gasteiger partial charge in [-0.1, -0.05) is 24.3 Å². The van der Waals surface area contributed by atoms with Gasteiger partial charge in [-0.2, -0.15) is 0 Å². The summed E-state index contributed by atoms with van der Waals surface area (Å²) in [6.45, 7) is 3.51. The Balaban J connectivity index is 1.70. The highest BCUT2D eigenvalue weighted by molar-refractivity contribution is 6.10. The van der Waals surface area contributed by atoms with Crippen LogP contribution in [0.5, 0.6) is 5.75 Å². The largest absolute Gasteiger partial charge is 0.481 e. The third-order valence-corrected chi connectivity index (χ3v) is 4.20.